The van der Waals surface area contributed by atoms with Gasteiger partial charge in [-0.3, -0.25) is 4.79 Å². The number of hydrogen-bond acceptors (Lipinski definition) is 4. The van der Waals surface area contributed by atoms with E-state index in [9.17, 15) is 9.18 Å². The van der Waals surface area contributed by atoms with Crippen LogP contribution in [0.5, 0.6) is 5.75 Å². The van der Waals surface area contributed by atoms with E-state index < -0.39 is 11.8 Å². The lowest BCUT2D eigenvalue weighted by molar-refractivity contribution is -0.139. The smallest absolute Gasteiger partial charge is 0.310 e. The highest BCUT2D eigenvalue weighted by molar-refractivity contribution is 5.73. The molecule has 1 aromatic rings. The van der Waals surface area contributed by atoms with Crippen molar-refractivity contribution in [2.45, 2.75) is 6.42 Å². The molecule has 0 saturated heterocycles. The maximum atomic E-state index is 13.4. The van der Waals surface area contributed by atoms with Crippen LogP contribution in [0.15, 0.2) is 12.1 Å². The second-order valence-corrected chi connectivity index (χ2v) is 3.02. The predicted molar refractivity (Wildman–Crippen MR) is 53.4 cm³/mol. The number of rotatable bonds is 3. The molecule has 0 heterocycles. The van der Waals surface area contributed by atoms with Crippen LogP contribution >= 0.6 is 0 Å². The average Bonchev–Trinajstić information content (AvgIpc) is 2.28. The number of benzene rings is 1. The van der Waals surface area contributed by atoms with Gasteiger partial charge < -0.3 is 9.47 Å². The van der Waals surface area contributed by atoms with Crippen molar-refractivity contribution in [1.82, 2.24) is 0 Å². The summed E-state index contributed by atoms with van der Waals surface area (Å²) in [6, 6.07) is 4.26. The number of carbonyl (C=O) groups excluding carboxylic acids is 1. The lowest BCUT2D eigenvalue weighted by Gasteiger charge is -2.08. The summed E-state index contributed by atoms with van der Waals surface area (Å²) in [5, 5.41) is 8.67. The maximum absolute atomic E-state index is 13.4. The van der Waals surface area contributed by atoms with Crippen LogP contribution in [0, 0.1) is 17.1 Å². The fourth-order valence-corrected chi connectivity index (χ4v) is 1.30. The molecule has 0 fully saturated rings. The van der Waals surface area contributed by atoms with Gasteiger partial charge in [-0.2, -0.15) is 5.26 Å². The molecular formula is C11H10FNO3. The Morgan fingerprint density at radius 1 is 1.50 bits per heavy atom. The fourth-order valence-electron chi connectivity index (χ4n) is 1.30. The third-order valence-corrected chi connectivity index (χ3v) is 2.02. The van der Waals surface area contributed by atoms with Gasteiger partial charge in [-0.25, -0.2) is 4.39 Å². The predicted octanol–water partition coefficient (Wildman–Crippen LogP) is 1.42. The first-order valence-corrected chi connectivity index (χ1v) is 4.45. The lowest BCUT2D eigenvalue weighted by atomic mass is 10.1. The van der Waals surface area contributed by atoms with Crippen molar-refractivity contribution >= 4 is 5.97 Å². The van der Waals surface area contributed by atoms with Crippen molar-refractivity contribution in [1.29, 1.82) is 5.26 Å². The molecule has 16 heavy (non-hydrogen) atoms. The van der Waals surface area contributed by atoms with E-state index >= 15 is 0 Å². The second kappa shape index (κ2) is 5.12. The van der Waals surface area contributed by atoms with E-state index in [0.29, 0.717) is 5.56 Å². The number of methoxy groups -OCH3 is 2. The molecule has 84 valence electrons. The van der Waals surface area contributed by atoms with Crippen molar-refractivity contribution in [3.8, 4) is 11.8 Å². The molecule has 0 aromatic heterocycles. The van der Waals surface area contributed by atoms with Crippen molar-refractivity contribution in [3.05, 3.63) is 29.1 Å². The van der Waals surface area contributed by atoms with E-state index in [1.165, 1.54) is 20.3 Å². The molecule has 0 bridgehead atoms. The molecule has 5 heteroatoms. The van der Waals surface area contributed by atoms with Crippen LogP contribution in [0.3, 0.4) is 0 Å². The highest BCUT2D eigenvalue weighted by Crippen LogP contribution is 2.24. The summed E-state index contributed by atoms with van der Waals surface area (Å²) in [5.74, 6) is -1.22. The molecule has 0 unspecified atom stereocenters. The number of esters is 1. The normalized spacial score (nSPS) is 9.38. The Morgan fingerprint density at radius 3 is 2.69 bits per heavy atom. The Kier molecular flexibility index (Phi) is 3.84. The molecule has 0 atom stereocenters. The maximum Gasteiger partial charge on any atom is 0.310 e. The largest absolute Gasteiger partial charge is 0.493 e. The minimum absolute atomic E-state index is 0.0376. The van der Waals surface area contributed by atoms with Crippen molar-refractivity contribution in [2.75, 3.05) is 14.2 Å². The summed E-state index contributed by atoms with van der Waals surface area (Å²) in [5.41, 5.74) is 0.433. The van der Waals surface area contributed by atoms with Gasteiger partial charge in [0.15, 0.2) is 11.6 Å². The monoisotopic (exact) mass is 223 g/mol. The van der Waals surface area contributed by atoms with Crippen LogP contribution in [-0.2, 0) is 16.0 Å². The van der Waals surface area contributed by atoms with Gasteiger partial charge in [0.1, 0.15) is 0 Å². The number of halogens is 1. The molecule has 0 aliphatic rings. The first kappa shape index (κ1) is 12.0. The van der Waals surface area contributed by atoms with E-state index in [-0.39, 0.29) is 17.7 Å². The highest BCUT2D eigenvalue weighted by atomic mass is 19.1. The van der Waals surface area contributed by atoms with Crippen LogP contribution in [0.1, 0.15) is 11.1 Å². The third kappa shape index (κ3) is 2.48. The molecule has 0 radical (unpaired) electrons. The summed E-state index contributed by atoms with van der Waals surface area (Å²) in [6.07, 6.45) is -0.133. The van der Waals surface area contributed by atoms with E-state index in [4.69, 9.17) is 10.00 Å². The van der Waals surface area contributed by atoms with Gasteiger partial charge in [0.25, 0.3) is 0 Å². The van der Waals surface area contributed by atoms with Crippen LogP contribution in [0.2, 0.25) is 0 Å². The van der Waals surface area contributed by atoms with Gasteiger partial charge >= 0.3 is 5.97 Å². The average molecular weight is 223 g/mol. The zero-order valence-corrected chi connectivity index (χ0v) is 8.91. The number of nitriles is 1. The van der Waals surface area contributed by atoms with Crippen molar-refractivity contribution in [3.63, 3.8) is 0 Å². The van der Waals surface area contributed by atoms with Crippen molar-refractivity contribution in [2.24, 2.45) is 0 Å². The molecule has 1 aromatic carbocycles. The Morgan fingerprint density at radius 2 is 2.19 bits per heavy atom. The van der Waals surface area contributed by atoms with Crippen molar-refractivity contribution < 1.29 is 18.7 Å². The Labute approximate surface area is 92.2 Å². The van der Waals surface area contributed by atoms with E-state index in [2.05, 4.69) is 4.74 Å². The summed E-state index contributed by atoms with van der Waals surface area (Å²) >= 11 is 0. The number of hydrogen-bond donors (Lipinski definition) is 0. The van der Waals surface area contributed by atoms with Crippen LogP contribution in [0.4, 0.5) is 4.39 Å². The summed E-state index contributed by atoms with van der Waals surface area (Å²) in [6.45, 7) is 0. The molecule has 0 saturated carbocycles. The lowest BCUT2D eigenvalue weighted by Crippen LogP contribution is -2.07. The van der Waals surface area contributed by atoms with Crippen LogP contribution in [-0.4, -0.2) is 20.2 Å². The summed E-state index contributed by atoms with van der Waals surface area (Å²) in [7, 11) is 2.53. The minimum Gasteiger partial charge on any atom is -0.493 e. The van der Waals surface area contributed by atoms with Gasteiger partial charge in [0, 0.05) is 5.56 Å². The quantitative estimate of drug-likeness (QED) is 0.727. The summed E-state index contributed by atoms with van der Waals surface area (Å²) < 4.78 is 22.7. The molecule has 1 rings (SSSR count). The first-order chi connectivity index (χ1) is 7.62. The van der Waals surface area contributed by atoms with Gasteiger partial charge in [-0.05, 0) is 12.1 Å². The molecule has 0 aliphatic carbocycles. The number of nitrogens with zero attached hydrogens (tertiary/aromatic N) is 1. The Balaban J connectivity index is 3.19. The molecule has 4 nitrogen and oxygen atoms in total. The van der Waals surface area contributed by atoms with Gasteiger partial charge in [-0.15, -0.1) is 0 Å². The fraction of sp³-hybridized carbons (Fsp3) is 0.273. The molecule has 0 aliphatic heterocycles. The first-order valence-electron chi connectivity index (χ1n) is 4.45. The molecule has 0 spiro atoms. The molecule has 0 N–H and O–H groups in total. The van der Waals surface area contributed by atoms with E-state index in [1.54, 1.807) is 6.07 Å². The van der Waals surface area contributed by atoms with E-state index in [1.807, 2.05) is 0 Å². The zero-order chi connectivity index (χ0) is 12.1. The van der Waals surface area contributed by atoms with Crippen LogP contribution < -0.4 is 4.74 Å². The zero-order valence-electron chi connectivity index (χ0n) is 8.91. The Bertz CT molecular complexity index is 451. The van der Waals surface area contributed by atoms with Gasteiger partial charge in [0.2, 0.25) is 0 Å². The standard InChI is InChI=1S/C11H10FNO3/c1-15-10(14)5-8-3-7(6-13)4-9(12)11(8)16-2/h3-4H,5H2,1-2H3. The van der Waals surface area contributed by atoms with Gasteiger partial charge in [0.05, 0.1) is 32.3 Å². The van der Waals surface area contributed by atoms with E-state index in [0.717, 1.165) is 6.07 Å². The summed E-state index contributed by atoms with van der Waals surface area (Å²) in [4.78, 5) is 11.1. The third-order valence-electron chi connectivity index (χ3n) is 2.02. The molecule has 0 amide bonds. The number of ether oxygens (including phenoxy) is 2. The van der Waals surface area contributed by atoms with Gasteiger partial charge in [-0.1, -0.05) is 0 Å². The topological polar surface area (TPSA) is 59.3 Å². The Hall–Kier alpha value is -2.09. The number of carbonyl (C=O) groups is 1. The van der Waals surface area contributed by atoms with Crippen LogP contribution in [0.25, 0.3) is 0 Å². The minimum atomic E-state index is -0.666. The SMILES string of the molecule is COC(=O)Cc1cc(C#N)cc(F)c1OC. The second-order valence-electron chi connectivity index (χ2n) is 3.02. The highest BCUT2D eigenvalue weighted by Gasteiger charge is 2.14. The molecular weight excluding hydrogens is 213 g/mol.